The first-order chi connectivity index (χ1) is 3.27. The van der Waals surface area contributed by atoms with E-state index in [1.807, 2.05) is 32.1 Å². The van der Waals surface area contributed by atoms with Gasteiger partial charge in [0.1, 0.15) is 0 Å². The smallest absolute Gasteiger partial charge is 0.0283 e. The molecule has 0 saturated heterocycles. The number of hydrogen-bond acceptors (Lipinski definition) is 0. The summed E-state index contributed by atoms with van der Waals surface area (Å²) in [5.74, 6) is 0. The van der Waals surface area contributed by atoms with Gasteiger partial charge in [0.2, 0.25) is 0 Å². The van der Waals surface area contributed by atoms with Crippen molar-refractivity contribution in [2.75, 3.05) is 0 Å². The third-order valence-corrected chi connectivity index (χ3v) is 0.573. The Labute approximate surface area is 45.5 Å². The van der Waals surface area contributed by atoms with E-state index in [4.69, 9.17) is 0 Å². The first kappa shape index (κ1) is 6.48. The molecular formula is C7H11. The van der Waals surface area contributed by atoms with E-state index in [-0.39, 0.29) is 0 Å². The fourth-order valence-electron chi connectivity index (χ4n) is 0.260. The predicted molar refractivity (Wildman–Crippen MR) is 33.9 cm³/mol. The molecule has 0 aromatic heterocycles. The normalized spacial score (nSPS) is 13.3. The van der Waals surface area contributed by atoms with Crippen molar-refractivity contribution in [3.63, 3.8) is 0 Å². The van der Waals surface area contributed by atoms with Crippen LogP contribution >= 0.6 is 0 Å². The van der Waals surface area contributed by atoms with Gasteiger partial charge in [-0.15, -0.1) is 0 Å². The highest BCUT2D eigenvalue weighted by Gasteiger charge is 1.65. The van der Waals surface area contributed by atoms with E-state index in [1.54, 1.807) is 0 Å². The SMILES string of the molecule is [CH2]/C(C)=C/C=C/C. The van der Waals surface area contributed by atoms with Crippen molar-refractivity contribution >= 4 is 0 Å². The maximum Gasteiger partial charge on any atom is -0.0283 e. The van der Waals surface area contributed by atoms with E-state index < -0.39 is 0 Å². The molecule has 0 N–H and O–H groups in total. The highest BCUT2D eigenvalue weighted by atomic mass is 13.7. The van der Waals surface area contributed by atoms with Crippen LogP contribution in [0, 0.1) is 6.92 Å². The summed E-state index contributed by atoms with van der Waals surface area (Å²) in [6.07, 6.45) is 5.93. The van der Waals surface area contributed by atoms with Crippen molar-refractivity contribution in [1.29, 1.82) is 0 Å². The lowest BCUT2D eigenvalue weighted by atomic mass is 10.3. The van der Waals surface area contributed by atoms with Crippen molar-refractivity contribution in [3.05, 3.63) is 30.7 Å². The maximum absolute atomic E-state index is 3.69. The topological polar surface area (TPSA) is 0 Å². The van der Waals surface area contributed by atoms with Crippen molar-refractivity contribution in [2.24, 2.45) is 0 Å². The highest BCUT2D eigenvalue weighted by molar-refractivity contribution is 5.11. The van der Waals surface area contributed by atoms with Crippen LogP contribution in [0.2, 0.25) is 0 Å². The minimum absolute atomic E-state index is 1.10. The molecule has 0 heterocycles. The Bertz CT molecular complexity index is 82.2. The monoisotopic (exact) mass is 95.1 g/mol. The van der Waals surface area contributed by atoms with Crippen LogP contribution in [0.3, 0.4) is 0 Å². The third-order valence-electron chi connectivity index (χ3n) is 0.573. The van der Waals surface area contributed by atoms with Crippen LogP contribution in [0.4, 0.5) is 0 Å². The van der Waals surface area contributed by atoms with Crippen LogP contribution in [-0.4, -0.2) is 0 Å². The molecule has 39 valence electrons. The Balaban J connectivity index is 3.46. The van der Waals surface area contributed by atoms with Crippen molar-refractivity contribution in [2.45, 2.75) is 13.8 Å². The van der Waals surface area contributed by atoms with E-state index >= 15 is 0 Å². The molecule has 0 saturated carbocycles. The molecule has 0 aromatic rings. The summed E-state index contributed by atoms with van der Waals surface area (Å²) in [6, 6.07) is 0. The zero-order valence-corrected chi connectivity index (χ0v) is 4.94. The zero-order valence-electron chi connectivity index (χ0n) is 4.94. The highest BCUT2D eigenvalue weighted by Crippen LogP contribution is 1.86. The zero-order chi connectivity index (χ0) is 5.70. The second-order valence-corrected chi connectivity index (χ2v) is 1.54. The summed E-state index contributed by atoms with van der Waals surface area (Å²) in [5.41, 5.74) is 1.10. The number of allylic oxidation sites excluding steroid dienone is 4. The average molecular weight is 95.2 g/mol. The Morgan fingerprint density at radius 2 is 2.14 bits per heavy atom. The van der Waals surface area contributed by atoms with Gasteiger partial charge in [-0.3, -0.25) is 0 Å². The van der Waals surface area contributed by atoms with Gasteiger partial charge < -0.3 is 0 Å². The first-order valence-corrected chi connectivity index (χ1v) is 2.39. The van der Waals surface area contributed by atoms with Gasteiger partial charge in [0.15, 0.2) is 0 Å². The lowest BCUT2D eigenvalue weighted by molar-refractivity contribution is 1.53. The van der Waals surface area contributed by atoms with E-state index in [9.17, 15) is 0 Å². The molecule has 0 nitrogen and oxygen atoms in total. The Morgan fingerprint density at radius 3 is 2.29 bits per heavy atom. The lowest BCUT2D eigenvalue weighted by Gasteiger charge is -1.77. The maximum atomic E-state index is 3.69. The van der Waals surface area contributed by atoms with Crippen LogP contribution < -0.4 is 0 Å². The van der Waals surface area contributed by atoms with Crippen molar-refractivity contribution in [3.8, 4) is 0 Å². The molecule has 0 spiro atoms. The molecule has 0 amide bonds. The van der Waals surface area contributed by atoms with E-state index in [1.165, 1.54) is 0 Å². The molecule has 0 rings (SSSR count). The molecule has 0 fully saturated rings. The number of rotatable bonds is 1. The minimum atomic E-state index is 1.10. The third kappa shape index (κ3) is 5.48. The van der Waals surface area contributed by atoms with Crippen LogP contribution in [0.25, 0.3) is 0 Å². The first-order valence-electron chi connectivity index (χ1n) is 2.39. The molecule has 0 unspecified atom stereocenters. The van der Waals surface area contributed by atoms with E-state index in [2.05, 4.69) is 6.92 Å². The molecule has 0 bridgehead atoms. The summed E-state index contributed by atoms with van der Waals surface area (Å²) in [5, 5.41) is 0. The molecule has 0 aliphatic heterocycles. The summed E-state index contributed by atoms with van der Waals surface area (Å²) in [7, 11) is 0. The van der Waals surface area contributed by atoms with Crippen LogP contribution in [0.1, 0.15) is 13.8 Å². The summed E-state index contributed by atoms with van der Waals surface area (Å²) in [6.45, 7) is 7.64. The summed E-state index contributed by atoms with van der Waals surface area (Å²) in [4.78, 5) is 0. The van der Waals surface area contributed by atoms with E-state index in [0.717, 1.165) is 5.57 Å². The summed E-state index contributed by atoms with van der Waals surface area (Å²) < 4.78 is 0. The van der Waals surface area contributed by atoms with Crippen LogP contribution in [0.5, 0.6) is 0 Å². The fourth-order valence-corrected chi connectivity index (χ4v) is 0.260. The molecule has 7 heavy (non-hydrogen) atoms. The van der Waals surface area contributed by atoms with Crippen molar-refractivity contribution < 1.29 is 0 Å². The van der Waals surface area contributed by atoms with Gasteiger partial charge in [0.05, 0.1) is 0 Å². The summed E-state index contributed by atoms with van der Waals surface area (Å²) >= 11 is 0. The Hall–Kier alpha value is -0.520. The minimum Gasteiger partial charge on any atom is -0.0877 e. The second-order valence-electron chi connectivity index (χ2n) is 1.54. The average Bonchev–Trinajstić information content (AvgIpc) is 1.61. The molecule has 0 aliphatic rings. The molecule has 0 heteroatoms. The predicted octanol–water partition coefficient (Wildman–Crippen LogP) is 2.34. The molecule has 0 aliphatic carbocycles. The Morgan fingerprint density at radius 1 is 1.57 bits per heavy atom. The van der Waals surface area contributed by atoms with E-state index in [0.29, 0.717) is 0 Å². The lowest BCUT2D eigenvalue weighted by Crippen LogP contribution is -1.57. The van der Waals surface area contributed by atoms with Gasteiger partial charge in [0.25, 0.3) is 0 Å². The number of hydrogen-bond donors (Lipinski definition) is 0. The van der Waals surface area contributed by atoms with Gasteiger partial charge in [-0.05, 0) is 20.8 Å². The molecule has 1 radical (unpaired) electrons. The second kappa shape index (κ2) is 3.66. The molecule has 0 aromatic carbocycles. The van der Waals surface area contributed by atoms with Crippen molar-refractivity contribution in [1.82, 2.24) is 0 Å². The van der Waals surface area contributed by atoms with Crippen LogP contribution in [-0.2, 0) is 0 Å². The quantitative estimate of drug-likeness (QED) is 0.438. The fraction of sp³-hybridized carbons (Fsp3) is 0.286. The standard InChI is InChI=1S/C7H11/c1-4-5-6-7(2)3/h4-6H,2H2,1,3H3/b5-4+,7-6-. The van der Waals surface area contributed by atoms with Gasteiger partial charge in [-0.2, -0.15) is 0 Å². The largest absolute Gasteiger partial charge is 0.0877 e. The van der Waals surface area contributed by atoms with Gasteiger partial charge in [-0.25, -0.2) is 0 Å². The molecule has 0 atom stereocenters. The van der Waals surface area contributed by atoms with Gasteiger partial charge in [-0.1, -0.05) is 23.8 Å². The molecular weight excluding hydrogens is 84.1 g/mol. The Kier molecular flexibility index (Phi) is 3.39. The van der Waals surface area contributed by atoms with Crippen LogP contribution in [0.15, 0.2) is 23.8 Å². The van der Waals surface area contributed by atoms with Gasteiger partial charge >= 0.3 is 0 Å². The van der Waals surface area contributed by atoms with Gasteiger partial charge in [0, 0.05) is 0 Å².